The molecule has 1 atom stereocenters. The van der Waals surface area contributed by atoms with Gasteiger partial charge in [-0.05, 0) is 23.8 Å². The SMILES string of the molecule is O=C(NCc1cccnc1)[C@@]1(O)CCN(c2ccccc2)C1=O. The van der Waals surface area contributed by atoms with Crippen molar-refractivity contribution in [2.75, 3.05) is 11.4 Å². The Morgan fingerprint density at radius 3 is 2.74 bits per heavy atom. The van der Waals surface area contributed by atoms with E-state index < -0.39 is 17.4 Å². The molecule has 2 aromatic rings. The van der Waals surface area contributed by atoms with Gasteiger partial charge in [-0.3, -0.25) is 14.6 Å². The molecule has 0 bridgehead atoms. The van der Waals surface area contributed by atoms with Crippen LogP contribution >= 0.6 is 0 Å². The summed E-state index contributed by atoms with van der Waals surface area (Å²) in [5, 5.41) is 13.1. The number of carbonyl (C=O) groups excluding carboxylic acids is 2. The minimum absolute atomic E-state index is 0.0690. The lowest BCUT2D eigenvalue weighted by Crippen LogP contribution is -2.52. The maximum atomic E-state index is 12.5. The molecule has 1 saturated heterocycles. The molecule has 1 fully saturated rings. The van der Waals surface area contributed by atoms with Crippen LogP contribution in [-0.2, 0) is 16.1 Å². The number of hydrogen-bond donors (Lipinski definition) is 2. The highest BCUT2D eigenvalue weighted by Gasteiger charge is 2.51. The summed E-state index contributed by atoms with van der Waals surface area (Å²) in [5.41, 5.74) is -0.541. The first kappa shape index (κ1) is 15.2. The van der Waals surface area contributed by atoms with Gasteiger partial charge in [0.25, 0.3) is 11.8 Å². The van der Waals surface area contributed by atoms with E-state index in [9.17, 15) is 14.7 Å². The number of amides is 2. The van der Waals surface area contributed by atoms with Crippen LogP contribution in [0.4, 0.5) is 5.69 Å². The van der Waals surface area contributed by atoms with E-state index >= 15 is 0 Å². The molecule has 3 rings (SSSR count). The van der Waals surface area contributed by atoms with Crippen molar-refractivity contribution in [2.24, 2.45) is 0 Å². The summed E-state index contributed by atoms with van der Waals surface area (Å²) >= 11 is 0. The van der Waals surface area contributed by atoms with Gasteiger partial charge in [0.2, 0.25) is 5.60 Å². The molecule has 23 heavy (non-hydrogen) atoms. The summed E-state index contributed by atoms with van der Waals surface area (Å²) in [5.74, 6) is -1.27. The zero-order valence-electron chi connectivity index (χ0n) is 12.5. The summed E-state index contributed by atoms with van der Waals surface area (Å²) in [6.07, 6.45) is 3.33. The van der Waals surface area contributed by atoms with Crippen LogP contribution in [0.1, 0.15) is 12.0 Å². The predicted octanol–water partition coefficient (Wildman–Crippen LogP) is 0.866. The molecule has 0 aliphatic carbocycles. The molecule has 0 radical (unpaired) electrons. The minimum atomic E-state index is -2.02. The van der Waals surface area contributed by atoms with Crippen LogP contribution in [0.5, 0.6) is 0 Å². The molecule has 0 saturated carbocycles. The fraction of sp³-hybridized carbons (Fsp3) is 0.235. The number of hydrogen-bond acceptors (Lipinski definition) is 4. The van der Waals surface area contributed by atoms with Crippen molar-refractivity contribution in [3.8, 4) is 0 Å². The van der Waals surface area contributed by atoms with Crippen LogP contribution in [0.3, 0.4) is 0 Å². The lowest BCUT2D eigenvalue weighted by molar-refractivity contribution is -0.149. The minimum Gasteiger partial charge on any atom is -0.372 e. The summed E-state index contributed by atoms with van der Waals surface area (Å²) in [4.78, 5) is 30.2. The van der Waals surface area contributed by atoms with E-state index in [1.54, 1.807) is 30.6 Å². The average molecular weight is 311 g/mol. The monoisotopic (exact) mass is 311 g/mol. The van der Waals surface area contributed by atoms with Gasteiger partial charge in [-0.2, -0.15) is 0 Å². The smallest absolute Gasteiger partial charge is 0.268 e. The quantitative estimate of drug-likeness (QED) is 0.821. The third kappa shape index (κ3) is 2.93. The van der Waals surface area contributed by atoms with Gasteiger partial charge in [-0.15, -0.1) is 0 Å². The number of para-hydroxylation sites is 1. The molecule has 1 aliphatic rings. The predicted molar refractivity (Wildman–Crippen MR) is 84.4 cm³/mol. The molecular weight excluding hydrogens is 294 g/mol. The number of anilines is 1. The maximum absolute atomic E-state index is 12.5. The van der Waals surface area contributed by atoms with E-state index in [0.717, 1.165) is 5.56 Å². The Morgan fingerprint density at radius 1 is 1.26 bits per heavy atom. The highest BCUT2D eigenvalue weighted by Crippen LogP contribution is 2.28. The lowest BCUT2D eigenvalue weighted by Gasteiger charge is -2.21. The second kappa shape index (κ2) is 6.18. The van der Waals surface area contributed by atoms with Crippen LogP contribution in [0.2, 0.25) is 0 Å². The van der Waals surface area contributed by atoms with Crippen LogP contribution in [0.25, 0.3) is 0 Å². The number of aromatic nitrogens is 1. The number of nitrogens with one attached hydrogen (secondary N) is 1. The molecule has 118 valence electrons. The zero-order valence-corrected chi connectivity index (χ0v) is 12.5. The first-order valence-electron chi connectivity index (χ1n) is 7.38. The third-order valence-corrected chi connectivity index (χ3v) is 3.92. The number of pyridine rings is 1. The van der Waals surface area contributed by atoms with E-state index in [2.05, 4.69) is 10.3 Å². The largest absolute Gasteiger partial charge is 0.372 e. The second-order valence-corrected chi connectivity index (χ2v) is 5.45. The highest BCUT2D eigenvalue weighted by molar-refractivity contribution is 6.16. The zero-order chi connectivity index (χ0) is 16.3. The summed E-state index contributed by atoms with van der Waals surface area (Å²) < 4.78 is 0. The van der Waals surface area contributed by atoms with Crippen molar-refractivity contribution in [1.82, 2.24) is 10.3 Å². The first-order chi connectivity index (χ1) is 11.1. The number of aliphatic hydroxyl groups is 1. The van der Waals surface area contributed by atoms with E-state index in [-0.39, 0.29) is 13.0 Å². The van der Waals surface area contributed by atoms with Crippen molar-refractivity contribution in [2.45, 2.75) is 18.6 Å². The van der Waals surface area contributed by atoms with Gasteiger partial charge >= 0.3 is 0 Å². The second-order valence-electron chi connectivity index (χ2n) is 5.45. The third-order valence-electron chi connectivity index (χ3n) is 3.92. The molecule has 0 unspecified atom stereocenters. The molecule has 2 heterocycles. The molecule has 0 spiro atoms. The van der Waals surface area contributed by atoms with E-state index in [1.165, 1.54) is 4.90 Å². The fourth-order valence-corrected chi connectivity index (χ4v) is 2.60. The number of carbonyl (C=O) groups is 2. The number of rotatable bonds is 4. The van der Waals surface area contributed by atoms with Crippen molar-refractivity contribution < 1.29 is 14.7 Å². The highest BCUT2D eigenvalue weighted by atomic mass is 16.3. The summed E-state index contributed by atoms with van der Waals surface area (Å²) in [7, 11) is 0. The van der Waals surface area contributed by atoms with Crippen LogP contribution in [0.15, 0.2) is 54.9 Å². The Labute approximate surface area is 133 Å². The molecular formula is C17H17N3O3. The molecule has 6 nitrogen and oxygen atoms in total. The van der Waals surface area contributed by atoms with E-state index in [0.29, 0.717) is 12.2 Å². The molecule has 6 heteroatoms. The molecule has 1 aromatic carbocycles. The number of nitrogens with zero attached hydrogens (tertiary/aromatic N) is 2. The Bertz CT molecular complexity index is 706. The summed E-state index contributed by atoms with van der Waals surface area (Å²) in [6.45, 7) is 0.521. The lowest BCUT2D eigenvalue weighted by atomic mass is 10.0. The standard InChI is InChI=1S/C17H17N3O3/c21-15(19-12-13-5-4-9-18-11-13)17(23)8-10-20(16(17)22)14-6-2-1-3-7-14/h1-7,9,11,23H,8,10,12H2,(H,19,21)/t17-/m0/s1. The average Bonchev–Trinajstić information content (AvgIpc) is 2.91. The fourth-order valence-electron chi connectivity index (χ4n) is 2.60. The van der Waals surface area contributed by atoms with Crippen molar-refractivity contribution >= 4 is 17.5 Å². The van der Waals surface area contributed by atoms with Gasteiger partial charge < -0.3 is 15.3 Å². The Balaban J connectivity index is 1.69. The Morgan fingerprint density at radius 2 is 2.04 bits per heavy atom. The van der Waals surface area contributed by atoms with Crippen molar-refractivity contribution in [3.63, 3.8) is 0 Å². The van der Waals surface area contributed by atoms with Crippen LogP contribution in [-0.4, -0.2) is 34.1 Å². The normalized spacial score (nSPS) is 20.6. The summed E-state index contributed by atoms with van der Waals surface area (Å²) in [6, 6.07) is 12.6. The molecule has 2 amide bonds. The van der Waals surface area contributed by atoms with Gasteiger partial charge in [-0.25, -0.2) is 0 Å². The van der Waals surface area contributed by atoms with Crippen molar-refractivity contribution in [3.05, 3.63) is 60.4 Å². The van der Waals surface area contributed by atoms with Crippen LogP contribution in [0, 0.1) is 0 Å². The van der Waals surface area contributed by atoms with Gasteiger partial charge in [0.15, 0.2) is 0 Å². The number of benzene rings is 1. The van der Waals surface area contributed by atoms with Gasteiger partial charge in [-0.1, -0.05) is 24.3 Å². The van der Waals surface area contributed by atoms with Gasteiger partial charge in [0, 0.05) is 37.6 Å². The van der Waals surface area contributed by atoms with E-state index in [4.69, 9.17) is 0 Å². The molecule has 2 N–H and O–H groups in total. The maximum Gasteiger partial charge on any atom is 0.268 e. The first-order valence-corrected chi connectivity index (χ1v) is 7.38. The topological polar surface area (TPSA) is 82.5 Å². The van der Waals surface area contributed by atoms with Crippen LogP contribution < -0.4 is 10.2 Å². The Hall–Kier alpha value is -2.73. The van der Waals surface area contributed by atoms with Crippen molar-refractivity contribution in [1.29, 1.82) is 0 Å². The molecule has 1 aliphatic heterocycles. The van der Waals surface area contributed by atoms with Gasteiger partial charge in [0.05, 0.1) is 0 Å². The Kier molecular flexibility index (Phi) is 4.08. The molecule has 1 aromatic heterocycles. The van der Waals surface area contributed by atoms with Gasteiger partial charge in [0.1, 0.15) is 0 Å². The van der Waals surface area contributed by atoms with E-state index in [1.807, 2.05) is 24.3 Å².